The number of allylic oxidation sites excluding steroid dienone is 2. The van der Waals surface area contributed by atoms with E-state index >= 15 is 0 Å². The summed E-state index contributed by atoms with van der Waals surface area (Å²) in [6.07, 6.45) is 2.56. The average molecular weight is 261 g/mol. The molecule has 0 spiro atoms. The van der Waals surface area contributed by atoms with E-state index in [1.54, 1.807) is 0 Å². The molecule has 13 heavy (non-hydrogen) atoms. The van der Waals surface area contributed by atoms with Crippen molar-refractivity contribution in [3.63, 3.8) is 0 Å². The molecule has 0 unspecified atom stereocenters. The summed E-state index contributed by atoms with van der Waals surface area (Å²) < 4.78 is 0. The minimum Gasteiger partial charge on any atom is -0.394 e. The van der Waals surface area contributed by atoms with Crippen LogP contribution in [0.4, 0.5) is 0 Å². The summed E-state index contributed by atoms with van der Waals surface area (Å²) >= 11 is 0. The van der Waals surface area contributed by atoms with Crippen molar-refractivity contribution in [3.8, 4) is 0 Å². The maximum Gasteiger partial charge on any atom is 0 e. The smallest absolute Gasteiger partial charge is 0 e. The van der Waals surface area contributed by atoms with Crippen LogP contribution in [-0.4, -0.2) is 0 Å². The fourth-order valence-electron chi connectivity index (χ4n) is 0. The molecular formula is C12H28Y-2. The van der Waals surface area contributed by atoms with Gasteiger partial charge in [0, 0.05) is 32.7 Å². The van der Waals surface area contributed by atoms with Crippen molar-refractivity contribution in [1.82, 2.24) is 0 Å². The zero-order valence-corrected chi connectivity index (χ0v) is 13.7. The van der Waals surface area contributed by atoms with E-state index in [0.29, 0.717) is 0 Å². The first-order chi connectivity index (χ1) is 5.91. The van der Waals surface area contributed by atoms with E-state index in [1.165, 1.54) is 12.2 Å². The van der Waals surface area contributed by atoms with Gasteiger partial charge in [0.15, 0.2) is 0 Å². The van der Waals surface area contributed by atoms with Crippen molar-refractivity contribution in [2.45, 2.75) is 55.4 Å². The molecule has 0 bridgehead atoms. The molecule has 1 radical (unpaired) electrons. The topological polar surface area (TPSA) is 0 Å². The molecule has 0 aliphatic rings. The molecule has 0 aliphatic heterocycles. The quantitative estimate of drug-likeness (QED) is 0.457. The van der Waals surface area contributed by atoms with E-state index in [2.05, 4.69) is 0 Å². The third kappa shape index (κ3) is 562. The molecule has 0 saturated carbocycles. The van der Waals surface area contributed by atoms with Crippen LogP contribution in [0.3, 0.4) is 0 Å². The fourth-order valence-corrected chi connectivity index (χ4v) is 0. The fraction of sp³-hybridized carbons (Fsp3) is 0.667. The summed E-state index contributed by atoms with van der Waals surface area (Å²) in [4.78, 5) is 0. The zero-order valence-electron chi connectivity index (χ0n) is 10.9. The Labute approximate surface area is 113 Å². The van der Waals surface area contributed by atoms with Crippen molar-refractivity contribution in [2.24, 2.45) is 0 Å². The normalized spacial score (nSPS) is 3.38. The first kappa shape index (κ1) is 37.4. The summed E-state index contributed by atoms with van der Waals surface area (Å²) in [5.41, 5.74) is 0. The van der Waals surface area contributed by atoms with E-state index in [4.69, 9.17) is 13.2 Å². The molecule has 0 aromatic carbocycles. The predicted molar refractivity (Wildman–Crippen MR) is 63.1 cm³/mol. The van der Waals surface area contributed by atoms with E-state index in [-0.39, 0.29) is 32.7 Å². The van der Waals surface area contributed by atoms with Gasteiger partial charge >= 0.3 is 0 Å². The molecule has 0 N–H and O–H groups in total. The predicted octanol–water partition coefficient (Wildman–Crippen LogP) is 5.07. The standard InChI is InChI=1S/C4H4.4C2H6.Y/c1-3-4-2;4*1-2;/h1-4H;4*1-2H3;/q-2;;;;;. The Morgan fingerprint density at radius 3 is 0.615 bits per heavy atom. The molecule has 0 heterocycles. The van der Waals surface area contributed by atoms with E-state index < -0.39 is 0 Å². The summed E-state index contributed by atoms with van der Waals surface area (Å²) in [6, 6.07) is 0. The second-order valence-electron chi connectivity index (χ2n) is 0.385. The third-order valence-electron chi connectivity index (χ3n) is 0.111. The first-order valence-corrected chi connectivity index (χ1v) is 5.00. The van der Waals surface area contributed by atoms with Gasteiger partial charge in [-0.05, 0) is 0 Å². The van der Waals surface area contributed by atoms with Crippen LogP contribution in [0.1, 0.15) is 55.4 Å². The van der Waals surface area contributed by atoms with Crippen molar-refractivity contribution in [2.75, 3.05) is 0 Å². The van der Waals surface area contributed by atoms with Crippen molar-refractivity contribution < 1.29 is 32.7 Å². The minimum atomic E-state index is 0. The number of hydrogen-bond acceptors (Lipinski definition) is 0. The molecule has 0 aromatic heterocycles. The van der Waals surface area contributed by atoms with Crippen LogP contribution in [0.5, 0.6) is 0 Å². The van der Waals surface area contributed by atoms with Crippen molar-refractivity contribution in [1.29, 1.82) is 0 Å². The molecule has 0 aliphatic carbocycles. The minimum absolute atomic E-state index is 0. The molecule has 0 amide bonds. The van der Waals surface area contributed by atoms with Gasteiger partial charge in [-0.3, -0.25) is 0 Å². The van der Waals surface area contributed by atoms with Crippen LogP contribution >= 0.6 is 0 Å². The summed E-state index contributed by atoms with van der Waals surface area (Å²) in [7, 11) is 0. The Balaban J connectivity index is -0.0000000122. The van der Waals surface area contributed by atoms with E-state index in [1.807, 2.05) is 55.4 Å². The van der Waals surface area contributed by atoms with Crippen LogP contribution in [0.2, 0.25) is 0 Å². The van der Waals surface area contributed by atoms with Gasteiger partial charge in [0.1, 0.15) is 0 Å². The van der Waals surface area contributed by atoms with Crippen LogP contribution in [0.15, 0.2) is 12.2 Å². The molecule has 81 valence electrons. The first-order valence-electron chi connectivity index (χ1n) is 5.00. The SMILES string of the molecule is CC.CC.CC.CC.[CH-]=CC=[CH-].[Y]. The largest absolute Gasteiger partial charge is 0.394 e. The van der Waals surface area contributed by atoms with Crippen LogP contribution in [0.25, 0.3) is 0 Å². The van der Waals surface area contributed by atoms with Crippen LogP contribution in [0, 0.1) is 13.2 Å². The Kier molecular flexibility index (Phi) is 728. The molecule has 0 atom stereocenters. The Bertz CT molecular complexity index is 26.1. The van der Waals surface area contributed by atoms with E-state index in [9.17, 15) is 0 Å². The zero-order chi connectivity index (χ0) is 11.4. The van der Waals surface area contributed by atoms with E-state index in [0.717, 1.165) is 0 Å². The molecule has 0 rings (SSSR count). The average Bonchev–Trinajstić information content (AvgIpc) is 2.29. The number of hydrogen-bond donors (Lipinski definition) is 0. The third-order valence-corrected chi connectivity index (χ3v) is 0.111. The monoisotopic (exact) mass is 261 g/mol. The van der Waals surface area contributed by atoms with Crippen LogP contribution in [-0.2, 0) is 32.7 Å². The molecule has 0 fully saturated rings. The molecule has 0 aromatic rings. The van der Waals surface area contributed by atoms with Gasteiger partial charge < -0.3 is 25.3 Å². The van der Waals surface area contributed by atoms with Crippen LogP contribution < -0.4 is 0 Å². The number of rotatable bonds is 1. The summed E-state index contributed by atoms with van der Waals surface area (Å²) in [5, 5.41) is 0. The summed E-state index contributed by atoms with van der Waals surface area (Å²) in [6.45, 7) is 25.4. The van der Waals surface area contributed by atoms with Gasteiger partial charge in [-0.25, -0.2) is 0 Å². The Morgan fingerprint density at radius 2 is 0.615 bits per heavy atom. The Hall–Kier alpha value is 0.584. The maximum atomic E-state index is 4.72. The van der Waals surface area contributed by atoms with Gasteiger partial charge in [-0.2, -0.15) is 0 Å². The molecular weight excluding hydrogens is 233 g/mol. The maximum absolute atomic E-state index is 4.72. The second-order valence-corrected chi connectivity index (χ2v) is 0.385. The summed E-state index contributed by atoms with van der Waals surface area (Å²) in [5.74, 6) is 0. The van der Waals surface area contributed by atoms with Gasteiger partial charge in [-0.15, -0.1) is 0 Å². The van der Waals surface area contributed by atoms with Gasteiger partial charge in [-0.1, -0.05) is 55.4 Å². The van der Waals surface area contributed by atoms with Crippen molar-refractivity contribution >= 4 is 0 Å². The van der Waals surface area contributed by atoms with Gasteiger partial charge in [0.05, 0.1) is 0 Å². The van der Waals surface area contributed by atoms with Gasteiger partial charge in [0.2, 0.25) is 0 Å². The second kappa shape index (κ2) is 253. The van der Waals surface area contributed by atoms with Gasteiger partial charge in [0.25, 0.3) is 0 Å². The molecule has 0 saturated heterocycles. The Morgan fingerprint density at radius 1 is 0.538 bits per heavy atom. The van der Waals surface area contributed by atoms with Crippen molar-refractivity contribution in [3.05, 3.63) is 25.3 Å². The molecule has 0 nitrogen and oxygen atoms in total. The molecule has 1 heteroatoms.